The van der Waals surface area contributed by atoms with Gasteiger partial charge in [0.15, 0.2) is 0 Å². The van der Waals surface area contributed by atoms with Crippen LogP contribution in [0.2, 0.25) is 0 Å². The molecule has 0 heterocycles. The highest BCUT2D eigenvalue weighted by atomic mass is 79.9. The van der Waals surface area contributed by atoms with E-state index in [1.807, 2.05) is 0 Å². The van der Waals surface area contributed by atoms with Crippen LogP contribution < -0.4 is 0 Å². The summed E-state index contributed by atoms with van der Waals surface area (Å²) < 4.78 is 37.9. The smallest absolute Gasteiger partial charge is 0.321 e. The summed E-state index contributed by atoms with van der Waals surface area (Å²) in [5.74, 6) is -1.86. The molecule has 0 aromatic heterocycles. The molecule has 1 rings (SSSR count). The molecule has 0 fully saturated rings. The van der Waals surface area contributed by atoms with Crippen LogP contribution in [0.4, 0.5) is 4.39 Å². The predicted octanol–water partition coefficient (Wildman–Crippen LogP) is 1.68. The van der Waals surface area contributed by atoms with Crippen LogP contribution in [0.5, 0.6) is 0 Å². The number of rotatable bonds is 4. The summed E-state index contributed by atoms with van der Waals surface area (Å²) in [6.45, 7) is 1.25. The molecule has 8 heteroatoms. The number of benzene rings is 1. The third-order valence-corrected chi connectivity index (χ3v) is 5.00. The molecule has 0 saturated carbocycles. The number of halogens is 2. The van der Waals surface area contributed by atoms with Gasteiger partial charge in [0.05, 0.1) is 9.37 Å². The summed E-state index contributed by atoms with van der Waals surface area (Å²) in [6, 6.07) is 1.96. The van der Waals surface area contributed by atoms with Gasteiger partial charge < -0.3 is 5.11 Å². The maximum atomic E-state index is 13.0. The van der Waals surface area contributed by atoms with Crippen molar-refractivity contribution < 1.29 is 22.7 Å². The molecule has 0 aliphatic rings. The quantitative estimate of drug-likeness (QED) is 0.905. The Morgan fingerprint density at radius 1 is 1.50 bits per heavy atom. The first-order chi connectivity index (χ1) is 8.17. The van der Waals surface area contributed by atoms with E-state index in [2.05, 4.69) is 15.9 Å². The predicted molar refractivity (Wildman–Crippen MR) is 66.1 cm³/mol. The summed E-state index contributed by atoms with van der Waals surface area (Å²) in [6.07, 6.45) is 0. The van der Waals surface area contributed by atoms with Gasteiger partial charge in [0.2, 0.25) is 10.0 Å². The second-order valence-corrected chi connectivity index (χ2v) is 6.46. The van der Waals surface area contributed by atoms with Crippen LogP contribution in [0.25, 0.3) is 0 Å². The molecule has 0 spiro atoms. The van der Waals surface area contributed by atoms with Crippen molar-refractivity contribution in [1.82, 2.24) is 4.31 Å². The Bertz CT molecular complexity index is 575. The fourth-order valence-electron chi connectivity index (χ4n) is 1.17. The maximum absolute atomic E-state index is 13.0. The van der Waals surface area contributed by atoms with E-state index in [1.165, 1.54) is 6.92 Å². The van der Waals surface area contributed by atoms with Crippen molar-refractivity contribution >= 4 is 31.9 Å². The first-order valence-corrected chi connectivity index (χ1v) is 7.07. The molecule has 0 aliphatic carbocycles. The number of sulfonamides is 1. The van der Waals surface area contributed by atoms with E-state index in [4.69, 9.17) is 5.11 Å². The van der Waals surface area contributed by atoms with Gasteiger partial charge >= 0.3 is 5.97 Å². The SMILES string of the molecule is CC(C(=O)O)N(C)S(=O)(=O)c1ccc(F)c(Br)c1. The molecule has 1 aromatic rings. The van der Waals surface area contributed by atoms with E-state index >= 15 is 0 Å². The second kappa shape index (κ2) is 5.33. The molecule has 1 atom stereocenters. The molecule has 1 aromatic carbocycles. The molecule has 18 heavy (non-hydrogen) atoms. The summed E-state index contributed by atoms with van der Waals surface area (Å²) in [4.78, 5) is 10.6. The number of likely N-dealkylation sites (N-methyl/N-ethyl adjacent to an activating group) is 1. The lowest BCUT2D eigenvalue weighted by Gasteiger charge is -2.21. The van der Waals surface area contributed by atoms with Crippen molar-refractivity contribution in [3.8, 4) is 0 Å². The minimum atomic E-state index is -3.97. The van der Waals surface area contributed by atoms with Crippen LogP contribution in [0, 0.1) is 5.82 Å². The van der Waals surface area contributed by atoms with Crippen molar-refractivity contribution in [2.24, 2.45) is 0 Å². The zero-order valence-electron chi connectivity index (χ0n) is 9.59. The number of carboxylic acids is 1. The Labute approximate surface area is 112 Å². The highest BCUT2D eigenvalue weighted by molar-refractivity contribution is 9.10. The van der Waals surface area contributed by atoms with Crippen LogP contribution in [-0.2, 0) is 14.8 Å². The number of carboxylic acid groups (broad SMARTS) is 1. The van der Waals surface area contributed by atoms with Crippen molar-refractivity contribution in [3.63, 3.8) is 0 Å². The van der Waals surface area contributed by atoms with Gasteiger partial charge in [0.25, 0.3) is 0 Å². The van der Waals surface area contributed by atoms with Crippen molar-refractivity contribution in [2.45, 2.75) is 17.9 Å². The fourth-order valence-corrected chi connectivity index (χ4v) is 3.04. The van der Waals surface area contributed by atoms with E-state index in [9.17, 15) is 17.6 Å². The molecule has 0 amide bonds. The fraction of sp³-hybridized carbons (Fsp3) is 0.300. The lowest BCUT2D eigenvalue weighted by Crippen LogP contribution is -2.40. The largest absolute Gasteiger partial charge is 0.480 e. The van der Waals surface area contributed by atoms with Crippen LogP contribution >= 0.6 is 15.9 Å². The molecule has 0 radical (unpaired) electrons. The van der Waals surface area contributed by atoms with Gasteiger partial charge in [-0.2, -0.15) is 4.31 Å². The zero-order chi connectivity index (χ0) is 14.1. The third-order valence-electron chi connectivity index (χ3n) is 2.47. The first kappa shape index (κ1) is 15.1. The highest BCUT2D eigenvalue weighted by Crippen LogP contribution is 2.23. The first-order valence-electron chi connectivity index (χ1n) is 4.84. The average Bonchev–Trinajstić information content (AvgIpc) is 2.30. The van der Waals surface area contributed by atoms with E-state index in [1.54, 1.807) is 0 Å². The molecule has 1 N–H and O–H groups in total. The van der Waals surface area contributed by atoms with Crippen molar-refractivity contribution in [2.75, 3.05) is 7.05 Å². The average molecular weight is 340 g/mol. The molecule has 1 unspecified atom stereocenters. The third kappa shape index (κ3) is 2.88. The minimum Gasteiger partial charge on any atom is -0.480 e. The topological polar surface area (TPSA) is 74.7 Å². The number of nitrogens with zero attached hydrogens (tertiary/aromatic N) is 1. The van der Waals surface area contributed by atoms with Gasteiger partial charge in [-0.1, -0.05) is 0 Å². The molecule has 0 aliphatic heterocycles. The minimum absolute atomic E-state index is 0.0000435. The monoisotopic (exact) mass is 339 g/mol. The summed E-state index contributed by atoms with van der Waals surface area (Å²) in [7, 11) is -2.81. The van der Waals surface area contributed by atoms with E-state index in [0.29, 0.717) is 0 Å². The van der Waals surface area contributed by atoms with Crippen molar-refractivity contribution in [1.29, 1.82) is 0 Å². The van der Waals surface area contributed by atoms with Crippen LogP contribution in [-0.4, -0.2) is 36.9 Å². The molecular weight excluding hydrogens is 329 g/mol. The normalized spacial score (nSPS) is 13.6. The lowest BCUT2D eigenvalue weighted by atomic mass is 10.3. The van der Waals surface area contributed by atoms with Gasteiger partial charge in [0, 0.05) is 7.05 Å². The van der Waals surface area contributed by atoms with E-state index in [0.717, 1.165) is 29.6 Å². The lowest BCUT2D eigenvalue weighted by molar-refractivity contribution is -0.140. The molecule has 5 nitrogen and oxygen atoms in total. The van der Waals surface area contributed by atoms with E-state index < -0.39 is 27.9 Å². The molecular formula is C10H11BrFNO4S. The van der Waals surface area contributed by atoms with Gasteiger partial charge in [-0.05, 0) is 41.1 Å². The standard InChI is InChI=1S/C10H11BrFNO4S/c1-6(10(14)15)13(2)18(16,17)7-3-4-9(12)8(11)5-7/h3-6H,1-2H3,(H,14,15). The molecule has 0 saturated heterocycles. The number of hydrogen-bond acceptors (Lipinski definition) is 3. The summed E-state index contributed by atoms with van der Waals surface area (Å²) >= 11 is 2.88. The van der Waals surface area contributed by atoms with Crippen LogP contribution in [0.3, 0.4) is 0 Å². The number of hydrogen-bond donors (Lipinski definition) is 1. The Morgan fingerprint density at radius 2 is 2.06 bits per heavy atom. The Balaban J connectivity index is 3.21. The Hall–Kier alpha value is -0.990. The molecule has 0 bridgehead atoms. The summed E-state index contributed by atoms with van der Waals surface area (Å²) in [5, 5.41) is 8.79. The van der Waals surface area contributed by atoms with Gasteiger partial charge in [-0.15, -0.1) is 0 Å². The summed E-state index contributed by atoms with van der Waals surface area (Å²) in [5.41, 5.74) is 0. The van der Waals surface area contributed by atoms with Gasteiger partial charge in [0.1, 0.15) is 11.9 Å². The van der Waals surface area contributed by atoms with Gasteiger partial charge in [-0.25, -0.2) is 12.8 Å². The highest BCUT2D eigenvalue weighted by Gasteiger charge is 2.29. The Kier molecular flexibility index (Phi) is 4.46. The van der Waals surface area contributed by atoms with Crippen LogP contribution in [0.15, 0.2) is 27.6 Å². The zero-order valence-corrected chi connectivity index (χ0v) is 12.0. The molecule has 100 valence electrons. The maximum Gasteiger partial charge on any atom is 0.321 e. The Morgan fingerprint density at radius 3 is 2.50 bits per heavy atom. The second-order valence-electron chi connectivity index (χ2n) is 3.61. The van der Waals surface area contributed by atoms with E-state index in [-0.39, 0.29) is 9.37 Å². The van der Waals surface area contributed by atoms with Crippen molar-refractivity contribution in [3.05, 3.63) is 28.5 Å². The number of carbonyl (C=O) groups is 1. The number of aliphatic carboxylic acids is 1. The van der Waals surface area contributed by atoms with Gasteiger partial charge in [-0.3, -0.25) is 4.79 Å². The van der Waals surface area contributed by atoms with Crippen LogP contribution in [0.1, 0.15) is 6.92 Å².